The maximum atomic E-state index is 12.2. The highest BCUT2D eigenvalue weighted by Gasteiger charge is 2.19. The number of carboxylic acid groups (broad SMARTS) is 1. The SMILES string of the molecule is COc1cc(NC(=O)N(CCC#N)CC(=O)O)cc(OC)c1OC. The minimum atomic E-state index is -1.17. The molecule has 0 aliphatic carbocycles. The number of benzene rings is 1. The number of methoxy groups -OCH3 is 3. The summed E-state index contributed by atoms with van der Waals surface area (Å²) in [6.45, 7) is -0.517. The standard InChI is InChI=1S/C15H19N3O6/c1-22-11-7-10(8-12(23-2)14(11)24-3)17-15(21)18(6-4-5-16)9-13(19)20/h7-8H,4,6,9H2,1-3H3,(H,17,21)(H,19,20). The zero-order valence-electron chi connectivity index (χ0n) is 13.7. The van der Waals surface area contributed by atoms with Gasteiger partial charge in [0.1, 0.15) is 6.54 Å². The Kier molecular flexibility index (Phi) is 7.16. The van der Waals surface area contributed by atoms with Crippen LogP contribution in [0.5, 0.6) is 17.2 Å². The van der Waals surface area contributed by atoms with E-state index in [0.717, 1.165) is 4.90 Å². The van der Waals surface area contributed by atoms with Crippen LogP contribution in [0.2, 0.25) is 0 Å². The van der Waals surface area contributed by atoms with Gasteiger partial charge in [-0.1, -0.05) is 0 Å². The number of carbonyl (C=O) groups excluding carboxylic acids is 1. The highest BCUT2D eigenvalue weighted by atomic mass is 16.5. The van der Waals surface area contributed by atoms with Crippen molar-refractivity contribution in [1.29, 1.82) is 5.26 Å². The third-order valence-electron chi connectivity index (χ3n) is 3.02. The van der Waals surface area contributed by atoms with Gasteiger partial charge in [-0.3, -0.25) is 4.79 Å². The topological polar surface area (TPSA) is 121 Å². The Balaban J connectivity index is 3.02. The second kappa shape index (κ2) is 9.09. The van der Waals surface area contributed by atoms with Crippen LogP contribution in [-0.2, 0) is 4.79 Å². The number of amides is 2. The molecule has 9 nitrogen and oxygen atoms in total. The van der Waals surface area contributed by atoms with E-state index in [4.69, 9.17) is 24.6 Å². The molecule has 0 unspecified atom stereocenters. The summed E-state index contributed by atoms with van der Waals surface area (Å²) in [5, 5.41) is 20.0. The van der Waals surface area contributed by atoms with E-state index in [9.17, 15) is 9.59 Å². The summed E-state index contributed by atoms with van der Waals surface area (Å²) in [5.74, 6) is -0.124. The molecule has 130 valence electrons. The number of nitriles is 1. The van der Waals surface area contributed by atoms with Crippen molar-refractivity contribution >= 4 is 17.7 Å². The second-order valence-corrected chi connectivity index (χ2v) is 4.57. The van der Waals surface area contributed by atoms with Crippen molar-refractivity contribution in [1.82, 2.24) is 4.90 Å². The second-order valence-electron chi connectivity index (χ2n) is 4.57. The molecular weight excluding hydrogens is 318 g/mol. The zero-order valence-corrected chi connectivity index (χ0v) is 13.7. The molecule has 1 aromatic rings. The normalized spacial score (nSPS) is 9.58. The largest absolute Gasteiger partial charge is 0.493 e. The van der Waals surface area contributed by atoms with Gasteiger partial charge in [-0.15, -0.1) is 0 Å². The number of anilines is 1. The summed E-state index contributed by atoms with van der Waals surface area (Å²) in [4.78, 5) is 24.1. The first-order valence-electron chi connectivity index (χ1n) is 6.91. The van der Waals surface area contributed by atoms with Gasteiger partial charge in [0.2, 0.25) is 5.75 Å². The summed E-state index contributed by atoms with van der Waals surface area (Å²) in [7, 11) is 4.33. The number of rotatable bonds is 8. The first-order valence-corrected chi connectivity index (χ1v) is 6.91. The Bertz CT molecular complexity index is 616. The smallest absolute Gasteiger partial charge is 0.323 e. The summed E-state index contributed by atoms with van der Waals surface area (Å²) in [6.07, 6.45) is 0.0238. The number of nitrogens with one attached hydrogen (secondary N) is 1. The van der Waals surface area contributed by atoms with E-state index in [-0.39, 0.29) is 13.0 Å². The predicted octanol–water partition coefficient (Wildman–Crippen LogP) is 1.54. The van der Waals surface area contributed by atoms with Crippen LogP contribution >= 0.6 is 0 Å². The summed E-state index contributed by atoms with van der Waals surface area (Å²) in [6, 6.07) is 4.25. The Morgan fingerprint density at radius 1 is 1.21 bits per heavy atom. The van der Waals surface area contributed by atoms with Crippen LogP contribution in [0.15, 0.2) is 12.1 Å². The number of hydrogen-bond acceptors (Lipinski definition) is 6. The van der Waals surface area contributed by atoms with E-state index < -0.39 is 18.5 Å². The van der Waals surface area contributed by atoms with Crippen molar-refractivity contribution in [2.75, 3.05) is 39.7 Å². The average molecular weight is 337 g/mol. The van der Waals surface area contributed by atoms with E-state index in [1.54, 1.807) is 0 Å². The van der Waals surface area contributed by atoms with Gasteiger partial charge in [-0.25, -0.2) is 4.79 Å². The van der Waals surface area contributed by atoms with Gasteiger partial charge in [0.25, 0.3) is 0 Å². The molecule has 24 heavy (non-hydrogen) atoms. The Labute approximate surface area is 139 Å². The van der Waals surface area contributed by atoms with Gasteiger partial charge in [-0.2, -0.15) is 5.26 Å². The van der Waals surface area contributed by atoms with Crippen molar-refractivity contribution < 1.29 is 28.9 Å². The first-order chi connectivity index (χ1) is 11.5. The molecule has 0 fully saturated rings. The van der Waals surface area contributed by atoms with Gasteiger partial charge >= 0.3 is 12.0 Å². The number of hydrogen-bond donors (Lipinski definition) is 2. The third kappa shape index (κ3) is 4.95. The van der Waals surface area contributed by atoms with Crippen LogP contribution in [0, 0.1) is 11.3 Å². The first kappa shape index (κ1) is 18.9. The Morgan fingerprint density at radius 2 is 1.79 bits per heavy atom. The molecule has 0 saturated heterocycles. The Hall–Kier alpha value is -3.15. The van der Waals surface area contributed by atoms with Crippen molar-refractivity contribution in [3.63, 3.8) is 0 Å². The van der Waals surface area contributed by atoms with Crippen molar-refractivity contribution in [3.8, 4) is 23.3 Å². The van der Waals surface area contributed by atoms with Gasteiger partial charge in [0, 0.05) is 18.7 Å². The summed E-state index contributed by atoms with van der Waals surface area (Å²) >= 11 is 0. The number of aliphatic carboxylic acids is 1. The average Bonchev–Trinajstić information content (AvgIpc) is 2.57. The molecule has 0 saturated carbocycles. The molecule has 0 aliphatic rings. The van der Waals surface area contributed by atoms with Gasteiger partial charge in [0.05, 0.1) is 39.5 Å². The Morgan fingerprint density at radius 3 is 2.21 bits per heavy atom. The van der Waals surface area contributed by atoms with E-state index >= 15 is 0 Å². The monoisotopic (exact) mass is 337 g/mol. The molecule has 9 heteroatoms. The molecule has 0 aromatic heterocycles. The molecule has 0 radical (unpaired) electrons. The summed E-state index contributed by atoms with van der Waals surface area (Å²) in [5.41, 5.74) is 0.335. The molecule has 0 aliphatic heterocycles. The lowest BCUT2D eigenvalue weighted by atomic mass is 10.2. The highest BCUT2D eigenvalue weighted by Crippen LogP contribution is 2.39. The van der Waals surface area contributed by atoms with E-state index in [1.807, 2.05) is 6.07 Å². The van der Waals surface area contributed by atoms with Crippen LogP contribution in [0.25, 0.3) is 0 Å². The molecule has 1 rings (SSSR count). The number of nitrogens with zero attached hydrogens (tertiary/aromatic N) is 2. The van der Waals surface area contributed by atoms with E-state index in [1.165, 1.54) is 33.5 Å². The lowest BCUT2D eigenvalue weighted by Crippen LogP contribution is -2.39. The van der Waals surface area contributed by atoms with E-state index in [2.05, 4.69) is 5.32 Å². The van der Waals surface area contributed by atoms with Crippen LogP contribution in [-0.4, -0.2) is 56.4 Å². The molecular formula is C15H19N3O6. The lowest BCUT2D eigenvalue weighted by Gasteiger charge is -2.21. The number of carbonyl (C=O) groups is 2. The molecule has 0 spiro atoms. The van der Waals surface area contributed by atoms with Gasteiger partial charge in [-0.05, 0) is 0 Å². The fraction of sp³-hybridized carbons (Fsp3) is 0.400. The number of carboxylic acids is 1. The molecule has 0 bridgehead atoms. The maximum Gasteiger partial charge on any atom is 0.323 e. The van der Waals surface area contributed by atoms with Crippen molar-refractivity contribution in [2.24, 2.45) is 0 Å². The van der Waals surface area contributed by atoms with Crippen LogP contribution in [0.1, 0.15) is 6.42 Å². The van der Waals surface area contributed by atoms with Crippen LogP contribution < -0.4 is 19.5 Å². The molecule has 2 N–H and O–H groups in total. The van der Waals surface area contributed by atoms with E-state index in [0.29, 0.717) is 22.9 Å². The number of ether oxygens (including phenoxy) is 3. The maximum absolute atomic E-state index is 12.2. The summed E-state index contributed by atoms with van der Waals surface area (Å²) < 4.78 is 15.6. The minimum absolute atomic E-state index is 0.000935. The highest BCUT2D eigenvalue weighted by molar-refractivity contribution is 5.92. The van der Waals surface area contributed by atoms with Crippen LogP contribution in [0.4, 0.5) is 10.5 Å². The fourth-order valence-electron chi connectivity index (χ4n) is 1.96. The quantitative estimate of drug-likeness (QED) is 0.738. The predicted molar refractivity (Wildman–Crippen MR) is 84.6 cm³/mol. The molecule has 1 aromatic carbocycles. The molecule has 0 atom stereocenters. The van der Waals surface area contributed by atoms with Crippen molar-refractivity contribution in [2.45, 2.75) is 6.42 Å². The lowest BCUT2D eigenvalue weighted by molar-refractivity contribution is -0.137. The number of urea groups is 1. The third-order valence-corrected chi connectivity index (χ3v) is 3.02. The van der Waals surface area contributed by atoms with Crippen molar-refractivity contribution in [3.05, 3.63) is 12.1 Å². The minimum Gasteiger partial charge on any atom is -0.493 e. The zero-order chi connectivity index (χ0) is 18.1. The molecule has 2 amide bonds. The van der Waals surface area contributed by atoms with Gasteiger partial charge in [0.15, 0.2) is 11.5 Å². The van der Waals surface area contributed by atoms with Gasteiger partial charge < -0.3 is 29.5 Å². The fourth-order valence-corrected chi connectivity index (χ4v) is 1.96. The van der Waals surface area contributed by atoms with Crippen LogP contribution in [0.3, 0.4) is 0 Å². The molecule has 0 heterocycles.